The molecule has 3 rings (SSSR count). The van der Waals surface area contributed by atoms with Gasteiger partial charge in [-0.3, -0.25) is 9.59 Å². The molecule has 0 atom stereocenters. The van der Waals surface area contributed by atoms with Crippen molar-refractivity contribution in [2.75, 3.05) is 13.2 Å². The van der Waals surface area contributed by atoms with Crippen molar-refractivity contribution in [2.24, 2.45) is 7.05 Å². The summed E-state index contributed by atoms with van der Waals surface area (Å²) in [5.74, 6) is -2.45. The zero-order valence-electron chi connectivity index (χ0n) is 18.0. The number of nitrogens with one attached hydrogen (secondary N) is 1. The predicted octanol–water partition coefficient (Wildman–Crippen LogP) is 5.42. The van der Waals surface area contributed by atoms with Crippen molar-refractivity contribution in [1.82, 2.24) is 9.88 Å². The van der Waals surface area contributed by atoms with Gasteiger partial charge in [0.2, 0.25) is 0 Å². The molecule has 0 radical (unpaired) electrons. The Bertz CT molecular complexity index is 1330. The Morgan fingerprint density at radius 1 is 1.11 bits per heavy atom. The number of carbonyl (C=O) groups excluding carboxylic acids is 1. The number of nitrogens with zero attached hydrogens (tertiary/aromatic N) is 1. The van der Waals surface area contributed by atoms with Gasteiger partial charge in [-0.1, -0.05) is 23.2 Å². The SMILES string of the molecule is Cn1c(-c2cc(F)cc(C(F)(F)F)c2)cc(C(=O)NCCCOc2ccc(Cl)c(Cl)c2)c(O)c1=O. The van der Waals surface area contributed by atoms with E-state index >= 15 is 0 Å². The molecule has 0 bridgehead atoms. The average molecular weight is 533 g/mol. The highest BCUT2D eigenvalue weighted by Gasteiger charge is 2.32. The molecule has 35 heavy (non-hydrogen) atoms. The molecule has 0 saturated carbocycles. The van der Waals surface area contributed by atoms with Crippen LogP contribution in [-0.2, 0) is 13.2 Å². The van der Waals surface area contributed by atoms with E-state index in [2.05, 4.69) is 5.32 Å². The van der Waals surface area contributed by atoms with Crippen molar-refractivity contribution in [3.63, 3.8) is 0 Å². The second-order valence-corrected chi connectivity index (χ2v) is 8.23. The van der Waals surface area contributed by atoms with Crippen LogP contribution in [0.3, 0.4) is 0 Å². The van der Waals surface area contributed by atoms with Gasteiger partial charge in [-0.05, 0) is 42.8 Å². The first-order valence-corrected chi connectivity index (χ1v) is 10.8. The minimum absolute atomic E-state index is 0.0856. The lowest BCUT2D eigenvalue weighted by Gasteiger charge is -2.15. The van der Waals surface area contributed by atoms with Crippen LogP contribution >= 0.6 is 23.2 Å². The molecule has 0 unspecified atom stereocenters. The first-order chi connectivity index (χ1) is 16.4. The first-order valence-electron chi connectivity index (χ1n) is 10.1. The number of rotatable bonds is 7. The summed E-state index contributed by atoms with van der Waals surface area (Å²) >= 11 is 11.7. The predicted molar refractivity (Wildman–Crippen MR) is 123 cm³/mol. The maximum atomic E-state index is 13.9. The highest BCUT2D eigenvalue weighted by atomic mass is 35.5. The molecule has 12 heteroatoms. The van der Waals surface area contributed by atoms with Crippen molar-refractivity contribution in [3.8, 4) is 22.8 Å². The fraction of sp³-hybridized carbons (Fsp3) is 0.217. The second kappa shape index (κ2) is 10.6. The van der Waals surface area contributed by atoms with Crippen molar-refractivity contribution >= 4 is 29.1 Å². The molecular formula is C23H18Cl2F4N2O4. The van der Waals surface area contributed by atoms with E-state index in [1.165, 1.54) is 13.1 Å². The molecule has 0 saturated heterocycles. The highest BCUT2D eigenvalue weighted by Crippen LogP contribution is 2.33. The van der Waals surface area contributed by atoms with E-state index in [-0.39, 0.29) is 24.4 Å². The summed E-state index contributed by atoms with van der Waals surface area (Å²) in [6.45, 7) is 0.276. The topological polar surface area (TPSA) is 80.6 Å². The van der Waals surface area contributed by atoms with E-state index in [0.717, 1.165) is 16.7 Å². The monoisotopic (exact) mass is 532 g/mol. The quantitative estimate of drug-likeness (QED) is 0.314. The molecule has 0 spiro atoms. The van der Waals surface area contributed by atoms with E-state index in [1.54, 1.807) is 12.1 Å². The van der Waals surface area contributed by atoms with Crippen LogP contribution in [0.25, 0.3) is 11.3 Å². The van der Waals surface area contributed by atoms with E-state index in [1.807, 2.05) is 0 Å². The number of hydrogen-bond acceptors (Lipinski definition) is 4. The molecule has 186 valence electrons. The molecule has 1 amide bonds. The van der Waals surface area contributed by atoms with Crippen LogP contribution in [0.1, 0.15) is 22.3 Å². The van der Waals surface area contributed by atoms with E-state index in [9.17, 15) is 32.3 Å². The molecule has 2 N–H and O–H groups in total. The largest absolute Gasteiger partial charge is 0.502 e. The van der Waals surface area contributed by atoms with Gasteiger partial charge in [-0.2, -0.15) is 13.2 Å². The average Bonchev–Trinajstić information content (AvgIpc) is 2.78. The molecule has 1 heterocycles. The van der Waals surface area contributed by atoms with Crippen LogP contribution in [0.15, 0.2) is 47.3 Å². The second-order valence-electron chi connectivity index (χ2n) is 7.42. The lowest BCUT2D eigenvalue weighted by molar-refractivity contribution is -0.137. The summed E-state index contributed by atoms with van der Waals surface area (Å²) in [5, 5.41) is 13.3. The minimum atomic E-state index is -4.83. The van der Waals surface area contributed by atoms with Gasteiger partial charge in [0, 0.05) is 25.2 Å². The number of aromatic nitrogens is 1. The number of hydrogen-bond donors (Lipinski definition) is 2. The Morgan fingerprint density at radius 3 is 2.49 bits per heavy atom. The third-order valence-corrected chi connectivity index (χ3v) is 5.68. The number of ether oxygens (including phenoxy) is 1. The third-order valence-electron chi connectivity index (χ3n) is 4.94. The lowest BCUT2D eigenvalue weighted by Crippen LogP contribution is -2.29. The van der Waals surface area contributed by atoms with Crippen LogP contribution in [0.2, 0.25) is 10.0 Å². The molecule has 6 nitrogen and oxygen atoms in total. The smallest absolute Gasteiger partial charge is 0.416 e. The van der Waals surface area contributed by atoms with Crippen LogP contribution < -0.4 is 15.6 Å². The molecule has 0 aliphatic carbocycles. The normalized spacial score (nSPS) is 11.4. The van der Waals surface area contributed by atoms with Crippen molar-refractivity contribution < 1.29 is 32.2 Å². The van der Waals surface area contributed by atoms with Gasteiger partial charge >= 0.3 is 6.18 Å². The van der Waals surface area contributed by atoms with E-state index in [0.29, 0.717) is 34.3 Å². The highest BCUT2D eigenvalue weighted by molar-refractivity contribution is 6.42. The number of amides is 1. The van der Waals surface area contributed by atoms with Gasteiger partial charge in [-0.25, -0.2) is 4.39 Å². The van der Waals surface area contributed by atoms with Gasteiger partial charge < -0.3 is 19.7 Å². The van der Waals surface area contributed by atoms with Gasteiger partial charge in [-0.15, -0.1) is 0 Å². The van der Waals surface area contributed by atoms with Gasteiger partial charge in [0.15, 0.2) is 5.75 Å². The molecule has 0 fully saturated rings. The third kappa shape index (κ3) is 6.26. The lowest BCUT2D eigenvalue weighted by atomic mass is 10.0. The van der Waals surface area contributed by atoms with E-state index < -0.39 is 40.3 Å². The van der Waals surface area contributed by atoms with Crippen LogP contribution in [-0.4, -0.2) is 28.7 Å². The molecular weight excluding hydrogens is 515 g/mol. The number of benzene rings is 2. The molecule has 0 aliphatic heterocycles. The Kier molecular flexibility index (Phi) is 7.97. The van der Waals surface area contributed by atoms with Gasteiger partial charge in [0.05, 0.1) is 33.5 Å². The molecule has 1 aromatic heterocycles. The maximum Gasteiger partial charge on any atom is 0.416 e. The molecule has 2 aromatic carbocycles. The summed E-state index contributed by atoms with van der Waals surface area (Å²) in [5.41, 5.74) is -3.24. The molecule has 3 aromatic rings. The van der Waals surface area contributed by atoms with Crippen molar-refractivity contribution in [2.45, 2.75) is 12.6 Å². The first kappa shape index (κ1) is 26.4. The Labute approximate surface area is 206 Å². The zero-order chi connectivity index (χ0) is 25.9. The summed E-state index contributed by atoms with van der Waals surface area (Å²) in [4.78, 5) is 25.0. The van der Waals surface area contributed by atoms with Gasteiger partial charge in [0.1, 0.15) is 11.6 Å². The summed E-state index contributed by atoms with van der Waals surface area (Å²) in [7, 11) is 1.18. The van der Waals surface area contributed by atoms with E-state index in [4.69, 9.17) is 27.9 Å². The Balaban J connectivity index is 1.75. The molecule has 0 aliphatic rings. The van der Waals surface area contributed by atoms with Crippen LogP contribution in [0, 0.1) is 5.82 Å². The zero-order valence-corrected chi connectivity index (χ0v) is 19.6. The fourth-order valence-electron chi connectivity index (χ4n) is 3.16. The van der Waals surface area contributed by atoms with Gasteiger partial charge in [0.25, 0.3) is 11.5 Å². The van der Waals surface area contributed by atoms with Crippen molar-refractivity contribution in [1.29, 1.82) is 0 Å². The maximum absolute atomic E-state index is 13.9. The Morgan fingerprint density at radius 2 is 1.83 bits per heavy atom. The fourth-order valence-corrected chi connectivity index (χ4v) is 3.45. The number of alkyl halides is 3. The summed E-state index contributed by atoms with van der Waals surface area (Å²) < 4.78 is 59.5. The summed E-state index contributed by atoms with van der Waals surface area (Å²) in [6.07, 6.45) is -4.49. The number of halogens is 6. The number of carbonyl (C=O) groups is 1. The van der Waals surface area contributed by atoms with Crippen LogP contribution in [0.4, 0.5) is 17.6 Å². The van der Waals surface area contributed by atoms with Crippen LogP contribution in [0.5, 0.6) is 11.5 Å². The minimum Gasteiger partial charge on any atom is -0.502 e. The Hall–Kier alpha value is -3.24. The number of pyridine rings is 1. The summed E-state index contributed by atoms with van der Waals surface area (Å²) in [6, 6.07) is 7.48. The standard InChI is InChI=1S/C23H18Cl2F4N2O4/c1-31-19(12-7-13(23(27,28)29)9-14(26)8-12)11-16(20(32)22(31)34)21(33)30-5-2-6-35-15-3-4-17(24)18(25)10-15/h3-4,7-11,32H,2,5-6H2,1H3,(H,30,33). The van der Waals surface area contributed by atoms with Crippen molar-refractivity contribution in [3.05, 3.63) is 79.8 Å². The number of aromatic hydroxyl groups is 1.